The van der Waals surface area contributed by atoms with Gasteiger partial charge in [-0.2, -0.15) is 0 Å². The minimum atomic E-state index is -3.71. The Kier molecular flexibility index (Phi) is 8.29. The fourth-order valence-electron chi connectivity index (χ4n) is 2.55. The molecule has 2 rings (SSSR count). The number of amides is 1. The van der Waals surface area contributed by atoms with Crippen molar-refractivity contribution in [3.8, 4) is 5.75 Å². The molecule has 1 heterocycles. The number of ether oxygens (including phenoxy) is 2. The van der Waals surface area contributed by atoms with Crippen LogP contribution in [-0.4, -0.2) is 58.1 Å². The van der Waals surface area contributed by atoms with Gasteiger partial charge in [-0.25, -0.2) is 12.7 Å². The van der Waals surface area contributed by atoms with Gasteiger partial charge in [0.1, 0.15) is 16.7 Å². The number of carbonyl (C=O) groups is 1. The van der Waals surface area contributed by atoms with Crippen LogP contribution in [0.1, 0.15) is 19.8 Å². The fraction of sp³-hybridized carbons (Fsp3) is 0.562. The van der Waals surface area contributed by atoms with Crippen molar-refractivity contribution < 1.29 is 22.7 Å². The summed E-state index contributed by atoms with van der Waals surface area (Å²) in [5, 5.41) is 2.71. The van der Waals surface area contributed by atoms with Crippen molar-refractivity contribution in [2.24, 2.45) is 5.73 Å². The van der Waals surface area contributed by atoms with Crippen LogP contribution in [0.5, 0.6) is 5.75 Å². The molecule has 1 aliphatic rings. The van der Waals surface area contributed by atoms with Crippen LogP contribution in [-0.2, 0) is 19.6 Å². The van der Waals surface area contributed by atoms with E-state index in [1.165, 1.54) is 26.2 Å². The first kappa shape index (κ1) is 22.7. The first-order chi connectivity index (χ1) is 11.8. The third-order valence-corrected chi connectivity index (χ3v) is 5.77. The molecule has 1 saturated heterocycles. The molecule has 0 radical (unpaired) electrons. The monoisotopic (exact) mass is 407 g/mol. The molecule has 148 valence electrons. The van der Waals surface area contributed by atoms with E-state index in [1.54, 1.807) is 13.0 Å². The molecule has 0 aromatic heterocycles. The second kappa shape index (κ2) is 9.52. The average molecular weight is 408 g/mol. The van der Waals surface area contributed by atoms with E-state index in [9.17, 15) is 13.2 Å². The molecule has 8 nitrogen and oxygen atoms in total. The summed E-state index contributed by atoms with van der Waals surface area (Å²) in [5.41, 5.74) is 5.92. The summed E-state index contributed by atoms with van der Waals surface area (Å²) in [7, 11) is -0.830. The average Bonchev–Trinajstić information content (AvgIpc) is 3.05. The van der Waals surface area contributed by atoms with Crippen LogP contribution in [0.3, 0.4) is 0 Å². The Hall–Kier alpha value is -1.39. The zero-order chi connectivity index (χ0) is 18.6. The molecule has 1 aromatic carbocycles. The number of nitrogens with zero attached hydrogens (tertiary/aromatic N) is 1. The zero-order valence-electron chi connectivity index (χ0n) is 15.1. The Morgan fingerprint density at radius 1 is 1.38 bits per heavy atom. The maximum Gasteiger partial charge on any atom is 0.253 e. The van der Waals surface area contributed by atoms with E-state index in [4.69, 9.17) is 15.2 Å². The van der Waals surface area contributed by atoms with Crippen LogP contribution >= 0.6 is 12.4 Å². The number of carbonyl (C=O) groups excluding carboxylic acids is 1. The van der Waals surface area contributed by atoms with Gasteiger partial charge in [-0.15, -0.1) is 12.4 Å². The normalized spacial score (nSPS) is 19.9. The molecular formula is C16H26ClN3O5S. The molecule has 3 N–H and O–H groups in total. The van der Waals surface area contributed by atoms with E-state index in [0.29, 0.717) is 25.3 Å². The van der Waals surface area contributed by atoms with Gasteiger partial charge in [0.2, 0.25) is 10.0 Å². The van der Waals surface area contributed by atoms with Gasteiger partial charge in [0.15, 0.2) is 0 Å². The fourth-order valence-corrected chi connectivity index (χ4v) is 3.60. The van der Waals surface area contributed by atoms with Crippen molar-refractivity contribution in [3.63, 3.8) is 0 Å². The van der Waals surface area contributed by atoms with Gasteiger partial charge in [0.25, 0.3) is 5.91 Å². The third-order valence-electron chi connectivity index (χ3n) is 3.93. The quantitative estimate of drug-likeness (QED) is 0.702. The highest BCUT2D eigenvalue weighted by molar-refractivity contribution is 7.89. The molecule has 0 bridgehead atoms. The summed E-state index contributed by atoms with van der Waals surface area (Å²) in [6, 6.07) is 4.54. The molecule has 0 aliphatic carbocycles. The lowest BCUT2D eigenvalue weighted by Gasteiger charge is -2.17. The van der Waals surface area contributed by atoms with Crippen LogP contribution in [0.15, 0.2) is 23.1 Å². The SMILES string of the molecule is CCOc1ccc(NC(=O)[C@@H]2CC[C@H](CN)O2)cc1S(=O)(=O)N(C)C.Cl. The van der Waals surface area contributed by atoms with E-state index in [1.807, 2.05) is 0 Å². The van der Waals surface area contributed by atoms with Crippen LogP contribution in [0.4, 0.5) is 5.69 Å². The summed E-state index contributed by atoms with van der Waals surface area (Å²) in [6.07, 6.45) is 0.640. The van der Waals surface area contributed by atoms with Gasteiger partial charge < -0.3 is 20.5 Å². The first-order valence-electron chi connectivity index (χ1n) is 8.15. The molecule has 1 aromatic rings. The van der Waals surface area contributed by atoms with Crippen LogP contribution in [0, 0.1) is 0 Å². The second-order valence-corrected chi connectivity index (χ2v) is 8.05. The molecule has 1 amide bonds. The number of nitrogens with one attached hydrogen (secondary N) is 1. The van der Waals surface area contributed by atoms with Gasteiger partial charge in [0.05, 0.1) is 12.7 Å². The molecule has 2 atom stereocenters. The van der Waals surface area contributed by atoms with Gasteiger partial charge in [0, 0.05) is 26.3 Å². The van der Waals surface area contributed by atoms with Crippen molar-refractivity contribution >= 4 is 34.0 Å². The van der Waals surface area contributed by atoms with Gasteiger partial charge in [-0.3, -0.25) is 4.79 Å². The van der Waals surface area contributed by atoms with E-state index >= 15 is 0 Å². The molecule has 0 spiro atoms. The van der Waals surface area contributed by atoms with Crippen LogP contribution in [0.25, 0.3) is 0 Å². The number of rotatable bonds is 7. The van der Waals surface area contributed by atoms with E-state index < -0.39 is 16.1 Å². The molecule has 1 fully saturated rings. The highest BCUT2D eigenvalue weighted by Gasteiger charge is 2.30. The van der Waals surface area contributed by atoms with Crippen molar-refractivity contribution in [2.75, 3.05) is 32.6 Å². The minimum Gasteiger partial charge on any atom is -0.492 e. The Labute approximate surface area is 160 Å². The highest BCUT2D eigenvalue weighted by Crippen LogP contribution is 2.30. The largest absolute Gasteiger partial charge is 0.492 e. The van der Waals surface area contributed by atoms with Crippen molar-refractivity contribution in [3.05, 3.63) is 18.2 Å². The Bertz CT molecular complexity index is 727. The summed E-state index contributed by atoms with van der Waals surface area (Å²) in [4.78, 5) is 12.3. The van der Waals surface area contributed by atoms with Crippen LogP contribution in [0.2, 0.25) is 0 Å². The number of anilines is 1. The number of hydrogen-bond donors (Lipinski definition) is 2. The third kappa shape index (κ3) is 5.08. The zero-order valence-corrected chi connectivity index (χ0v) is 16.7. The molecule has 10 heteroatoms. The highest BCUT2D eigenvalue weighted by atomic mass is 35.5. The first-order valence-corrected chi connectivity index (χ1v) is 9.59. The van der Waals surface area contributed by atoms with E-state index in [0.717, 1.165) is 10.7 Å². The second-order valence-electron chi connectivity index (χ2n) is 5.93. The summed E-state index contributed by atoms with van der Waals surface area (Å²) in [5.74, 6) is -0.0668. The van der Waals surface area contributed by atoms with Gasteiger partial charge >= 0.3 is 0 Å². The van der Waals surface area contributed by atoms with Crippen LogP contribution < -0.4 is 15.8 Å². The number of sulfonamides is 1. The summed E-state index contributed by atoms with van der Waals surface area (Å²) in [6.45, 7) is 2.48. The van der Waals surface area contributed by atoms with E-state index in [-0.39, 0.29) is 35.1 Å². The lowest BCUT2D eigenvalue weighted by atomic mass is 10.2. The predicted octanol–water partition coefficient (Wildman–Crippen LogP) is 1.20. The molecule has 26 heavy (non-hydrogen) atoms. The number of benzene rings is 1. The Balaban J connectivity index is 0.00000338. The molecular weight excluding hydrogens is 382 g/mol. The van der Waals surface area contributed by atoms with Crippen molar-refractivity contribution in [2.45, 2.75) is 36.9 Å². The Morgan fingerprint density at radius 2 is 2.08 bits per heavy atom. The van der Waals surface area contributed by atoms with Crippen molar-refractivity contribution in [1.29, 1.82) is 0 Å². The van der Waals surface area contributed by atoms with Crippen molar-refractivity contribution in [1.82, 2.24) is 4.31 Å². The van der Waals surface area contributed by atoms with Gasteiger partial charge in [-0.05, 0) is 38.0 Å². The molecule has 0 saturated carbocycles. The smallest absolute Gasteiger partial charge is 0.253 e. The number of halogens is 1. The standard InChI is InChI=1S/C16H25N3O5S.ClH/c1-4-23-13-7-5-11(9-15(13)25(21,22)19(2)3)18-16(20)14-8-6-12(10-17)24-14;/h5,7,9,12,14H,4,6,8,10,17H2,1-3H3,(H,18,20);1H/t12-,14+;/m1./s1. The van der Waals surface area contributed by atoms with E-state index in [2.05, 4.69) is 5.32 Å². The topological polar surface area (TPSA) is 111 Å². The predicted molar refractivity (Wildman–Crippen MR) is 101 cm³/mol. The lowest BCUT2D eigenvalue weighted by molar-refractivity contribution is -0.126. The lowest BCUT2D eigenvalue weighted by Crippen LogP contribution is -2.30. The van der Waals surface area contributed by atoms with Gasteiger partial charge in [-0.1, -0.05) is 0 Å². The molecule has 1 aliphatic heterocycles. The maximum atomic E-state index is 12.5. The summed E-state index contributed by atoms with van der Waals surface area (Å²) < 4.78 is 37.1. The summed E-state index contributed by atoms with van der Waals surface area (Å²) >= 11 is 0. The number of hydrogen-bond acceptors (Lipinski definition) is 6. The minimum absolute atomic E-state index is 0. The Morgan fingerprint density at radius 3 is 2.62 bits per heavy atom. The maximum absolute atomic E-state index is 12.5. The molecule has 0 unspecified atom stereocenters. The number of nitrogens with two attached hydrogens (primary N) is 1.